The van der Waals surface area contributed by atoms with Crippen molar-refractivity contribution in [1.82, 2.24) is 0 Å². The van der Waals surface area contributed by atoms with Crippen LogP contribution in [0.15, 0.2) is 45.5 Å². The maximum absolute atomic E-state index is 10.5. The molecule has 0 atom stereocenters. The van der Waals surface area contributed by atoms with Crippen LogP contribution in [0.1, 0.15) is 9.67 Å². The molecule has 0 aliphatic rings. The summed E-state index contributed by atoms with van der Waals surface area (Å²) in [7, 11) is 0. The van der Waals surface area contributed by atoms with Crippen LogP contribution in [0.3, 0.4) is 0 Å². The van der Waals surface area contributed by atoms with E-state index in [1.807, 2.05) is 35.7 Å². The molecule has 1 heterocycles. The summed E-state index contributed by atoms with van der Waals surface area (Å²) in [6, 6.07) is 9.53. The maximum atomic E-state index is 10.5. The summed E-state index contributed by atoms with van der Waals surface area (Å²) in [6.07, 6.45) is 0.862. The van der Waals surface area contributed by atoms with E-state index in [2.05, 4.69) is 0 Å². The third-order valence-electron chi connectivity index (χ3n) is 1.78. The molecule has 0 unspecified atom stereocenters. The number of carbonyl (C=O) groups is 1. The fraction of sp³-hybridized carbons (Fsp3) is 0. The molecule has 4 heteroatoms. The molecule has 76 valence electrons. The Bertz CT molecular complexity index is 479. The van der Waals surface area contributed by atoms with Crippen molar-refractivity contribution in [3.8, 4) is 0 Å². The topological polar surface area (TPSA) is 17.1 Å². The van der Waals surface area contributed by atoms with Crippen LogP contribution in [0.4, 0.5) is 0 Å². The van der Waals surface area contributed by atoms with Crippen LogP contribution in [-0.4, -0.2) is 6.29 Å². The number of hydrogen-bond donors (Lipinski definition) is 0. The summed E-state index contributed by atoms with van der Waals surface area (Å²) >= 11 is 9.04. The number of thiophene rings is 1. The molecule has 0 amide bonds. The molecule has 0 saturated heterocycles. The SMILES string of the molecule is O=Cc1cc(Sc2ccccc2Cl)cs1. The Balaban J connectivity index is 2.22. The molecule has 0 bridgehead atoms. The highest BCUT2D eigenvalue weighted by Gasteiger charge is 2.03. The van der Waals surface area contributed by atoms with Gasteiger partial charge in [-0.3, -0.25) is 4.79 Å². The fourth-order valence-corrected chi connectivity index (χ4v) is 3.09. The predicted octanol–water partition coefficient (Wildman–Crippen LogP) is 4.37. The summed E-state index contributed by atoms with van der Waals surface area (Å²) in [5.74, 6) is 0. The lowest BCUT2D eigenvalue weighted by atomic mass is 10.4. The summed E-state index contributed by atoms with van der Waals surface area (Å²) in [6.45, 7) is 0. The van der Waals surface area contributed by atoms with Gasteiger partial charge >= 0.3 is 0 Å². The number of benzene rings is 1. The van der Waals surface area contributed by atoms with E-state index in [4.69, 9.17) is 11.6 Å². The van der Waals surface area contributed by atoms with Gasteiger partial charge in [-0.25, -0.2) is 0 Å². The Labute approximate surface area is 101 Å². The molecule has 0 radical (unpaired) electrons. The summed E-state index contributed by atoms with van der Waals surface area (Å²) in [5, 5.41) is 2.69. The van der Waals surface area contributed by atoms with Crippen molar-refractivity contribution in [3.05, 3.63) is 45.6 Å². The second-order valence-corrected chi connectivity index (χ2v) is 5.30. The van der Waals surface area contributed by atoms with E-state index in [1.54, 1.807) is 11.8 Å². The van der Waals surface area contributed by atoms with Crippen LogP contribution in [-0.2, 0) is 0 Å². The van der Waals surface area contributed by atoms with Crippen molar-refractivity contribution < 1.29 is 4.79 Å². The fourth-order valence-electron chi connectivity index (χ4n) is 1.10. The quantitative estimate of drug-likeness (QED) is 0.757. The summed E-state index contributed by atoms with van der Waals surface area (Å²) < 4.78 is 0. The molecule has 0 aliphatic heterocycles. The number of carbonyl (C=O) groups excluding carboxylic acids is 1. The standard InChI is InChI=1S/C11H7ClOS2/c12-10-3-1-2-4-11(10)15-9-5-8(6-13)14-7-9/h1-7H. The van der Waals surface area contributed by atoms with Crippen molar-refractivity contribution in [2.24, 2.45) is 0 Å². The van der Waals surface area contributed by atoms with Crippen LogP contribution in [0.5, 0.6) is 0 Å². The van der Waals surface area contributed by atoms with Gasteiger partial charge in [0.15, 0.2) is 6.29 Å². The van der Waals surface area contributed by atoms with Gasteiger partial charge in [0, 0.05) is 15.2 Å². The second kappa shape index (κ2) is 4.84. The minimum Gasteiger partial charge on any atom is -0.297 e. The monoisotopic (exact) mass is 254 g/mol. The van der Waals surface area contributed by atoms with Crippen molar-refractivity contribution in [1.29, 1.82) is 0 Å². The number of halogens is 1. The molecular formula is C11H7ClOS2. The zero-order chi connectivity index (χ0) is 10.7. The minimum atomic E-state index is 0.737. The lowest BCUT2D eigenvalue weighted by Gasteiger charge is -2.00. The van der Waals surface area contributed by atoms with E-state index in [0.717, 1.165) is 26.0 Å². The third-order valence-corrected chi connectivity index (χ3v) is 4.27. The molecule has 0 aliphatic carbocycles. The van der Waals surface area contributed by atoms with E-state index in [9.17, 15) is 4.79 Å². The van der Waals surface area contributed by atoms with E-state index in [1.165, 1.54) is 11.3 Å². The Hall–Kier alpha value is -0.770. The van der Waals surface area contributed by atoms with Gasteiger partial charge < -0.3 is 0 Å². The molecule has 0 fully saturated rings. The average Bonchev–Trinajstić information content (AvgIpc) is 2.69. The molecule has 2 aromatic rings. The van der Waals surface area contributed by atoms with Crippen LogP contribution >= 0.6 is 34.7 Å². The smallest absolute Gasteiger partial charge is 0.160 e. The first kappa shape index (κ1) is 10.7. The van der Waals surface area contributed by atoms with E-state index in [0.29, 0.717) is 0 Å². The molecule has 0 saturated carbocycles. The van der Waals surface area contributed by atoms with Crippen molar-refractivity contribution in [2.75, 3.05) is 0 Å². The molecule has 1 nitrogen and oxygen atoms in total. The second-order valence-electron chi connectivity index (χ2n) is 2.84. The zero-order valence-corrected chi connectivity index (χ0v) is 10.0. The highest BCUT2D eigenvalue weighted by molar-refractivity contribution is 7.99. The van der Waals surface area contributed by atoms with Gasteiger partial charge in [-0.2, -0.15) is 0 Å². The number of aldehydes is 1. The van der Waals surface area contributed by atoms with Crippen LogP contribution < -0.4 is 0 Å². The maximum Gasteiger partial charge on any atom is 0.160 e. The van der Waals surface area contributed by atoms with Crippen molar-refractivity contribution in [2.45, 2.75) is 9.79 Å². The Kier molecular flexibility index (Phi) is 3.46. The summed E-state index contributed by atoms with van der Waals surface area (Å²) in [5.41, 5.74) is 0. The van der Waals surface area contributed by atoms with Gasteiger partial charge in [-0.05, 0) is 18.2 Å². The Morgan fingerprint density at radius 2 is 2.13 bits per heavy atom. The Morgan fingerprint density at radius 3 is 2.80 bits per heavy atom. The molecule has 2 rings (SSSR count). The van der Waals surface area contributed by atoms with Gasteiger partial charge in [0.25, 0.3) is 0 Å². The van der Waals surface area contributed by atoms with Gasteiger partial charge in [0.1, 0.15) is 0 Å². The highest BCUT2D eigenvalue weighted by atomic mass is 35.5. The van der Waals surface area contributed by atoms with Crippen LogP contribution in [0.2, 0.25) is 5.02 Å². The predicted molar refractivity (Wildman–Crippen MR) is 65.3 cm³/mol. The molecule has 1 aromatic heterocycles. The largest absolute Gasteiger partial charge is 0.297 e. The summed E-state index contributed by atoms with van der Waals surface area (Å²) in [4.78, 5) is 13.3. The van der Waals surface area contributed by atoms with Crippen LogP contribution in [0, 0.1) is 0 Å². The van der Waals surface area contributed by atoms with E-state index >= 15 is 0 Å². The van der Waals surface area contributed by atoms with E-state index in [-0.39, 0.29) is 0 Å². The van der Waals surface area contributed by atoms with Gasteiger partial charge in [0.2, 0.25) is 0 Å². The molecule has 1 aromatic carbocycles. The molecule has 0 N–H and O–H groups in total. The molecule has 15 heavy (non-hydrogen) atoms. The normalized spacial score (nSPS) is 10.2. The lowest BCUT2D eigenvalue weighted by molar-refractivity contribution is 0.112. The average molecular weight is 255 g/mol. The first-order chi connectivity index (χ1) is 7.29. The first-order valence-electron chi connectivity index (χ1n) is 4.25. The minimum absolute atomic E-state index is 0.737. The molecular weight excluding hydrogens is 248 g/mol. The third kappa shape index (κ3) is 2.62. The van der Waals surface area contributed by atoms with Gasteiger partial charge in [-0.15, -0.1) is 11.3 Å². The number of rotatable bonds is 3. The highest BCUT2D eigenvalue weighted by Crippen LogP contribution is 2.34. The van der Waals surface area contributed by atoms with Crippen molar-refractivity contribution in [3.63, 3.8) is 0 Å². The molecule has 0 spiro atoms. The Morgan fingerprint density at radius 1 is 1.33 bits per heavy atom. The van der Waals surface area contributed by atoms with E-state index < -0.39 is 0 Å². The van der Waals surface area contributed by atoms with Crippen LogP contribution in [0.25, 0.3) is 0 Å². The van der Waals surface area contributed by atoms with Crippen molar-refractivity contribution >= 4 is 41.0 Å². The number of hydrogen-bond acceptors (Lipinski definition) is 3. The zero-order valence-electron chi connectivity index (χ0n) is 7.64. The van der Waals surface area contributed by atoms with Gasteiger partial charge in [0.05, 0.1) is 9.90 Å². The van der Waals surface area contributed by atoms with Gasteiger partial charge in [-0.1, -0.05) is 35.5 Å². The lowest BCUT2D eigenvalue weighted by Crippen LogP contribution is -1.72. The first-order valence-corrected chi connectivity index (χ1v) is 6.33.